The number of alkyl halides is 1. The third-order valence-corrected chi connectivity index (χ3v) is 5.16. The third-order valence-electron chi connectivity index (χ3n) is 4.09. The number of carbonyl (C=O) groups is 1. The highest BCUT2D eigenvalue weighted by molar-refractivity contribution is 9.09. The highest BCUT2D eigenvalue weighted by Crippen LogP contribution is 2.31. The van der Waals surface area contributed by atoms with Crippen molar-refractivity contribution in [1.82, 2.24) is 10.3 Å². The molecule has 1 N–H and O–H groups in total. The maximum atomic E-state index is 12.6. The minimum Gasteiger partial charge on any atom is -0.346 e. The molecule has 0 radical (unpaired) electrons. The Morgan fingerprint density at radius 2 is 2.05 bits per heavy atom. The van der Waals surface area contributed by atoms with Crippen molar-refractivity contribution in [3.05, 3.63) is 42.1 Å². The number of hydrogen-bond donors (Lipinski definition) is 1. The van der Waals surface area contributed by atoms with Gasteiger partial charge in [0.15, 0.2) is 0 Å². The van der Waals surface area contributed by atoms with E-state index in [1.807, 2.05) is 30.3 Å². The molecule has 1 fully saturated rings. The zero-order chi connectivity index (χ0) is 14.0. The molecule has 0 unspecified atom stereocenters. The summed E-state index contributed by atoms with van der Waals surface area (Å²) in [5.41, 5.74) is 1.49. The average molecular weight is 333 g/mol. The zero-order valence-corrected chi connectivity index (χ0v) is 12.8. The van der Waals surface area contributed by atoms with Gasteiger partial charge in [-0.3, -0.25) is 9.78 Å². The summed E-state index contributed by atoms with van der Waals surface area (Å²) in [5.74, 6) is 0.00458. The summed E-state index contributed by atoms with van der Waals surface area (Å²) in [7, 11) is 0. The van der Waals surface area contributed by atoms with Crippen molar-refractivity contribution in [2.45, 2.75) is 31.2 Å². The molecule has 1 heterocycles. The summed E-state index contributed by atoms with van der Waals surface area (Å²) in [5, 5.41) is 4.96. The first kappa shape index (κ1) is 13.6. The fraction of sp³-hybridized carbons (Fsp3) is 0.375. The predicted octanol–water partition coefficient (Wildman–Crippen LogP) is 3.67. The number of hydrogen-bond acceptors (Lipinski definition) is 2. The summed E-state index contributed by atoms with van der Waals surface area (Å²) >= 11 is 3.56. The van der Waals surface area contributed by atoms with Crippen LogP contribution < -0.4 is 5.32 Å². The molecule has 1 aromatic heterocycles. The summed E-state index contributed by atoms with van der Waals surface area (Å²) < 4.78 is 0. The van der Waals surface area contributed by atoms with Crippen LogP contribution in [0.2, 0.25) is 0 Å². The van der Waals surface area contributed by atoms with Gasteiger partial charge in [0.2, 0.25) is 0 Å². The van der Waals surface area contributed by atoms with Gasteiger partial charge in [0, 0.05) is 22.5 Å². The number of benzene rings is 1. The van der Waals surface area contributed by atoms with Gasteiger partial charge < -0.3 is 5.32 Å². The largest absolute Gasteiger partial charge is 0.346 e. The number of nitrogens with one attached hydrogen (secondary N) is 1. The Bertz CT molecular complexity index is 630. The number of pyridine rings is 1. The van der Waals surface area contributed by atoms with Crippen molar-refractivity contribution >= 4 is 32.7 Å². The first-order valence-corrected chi connectivity index (χ1v) is 8.08. The molecular formula is C16H17BrN2O. The number of fused-ring (bicyclic) bond motifs is 1. The molecule has 2 aromatic rings. The number of rotatable bonds is 3. The van der Waals surface area contributed by atoms with Gasteiger partial charge in [0.1, 0.15) is 0 Å². The number of nitrogens with zero attached hydrogens (tertiary/aromatic N) is 1. The highest BCUT2D eigenvalue weighted by atomic mass is 79.9. The van der Waals surface area contributed by atoms with E-state index in [2.05, 4.69) is 26.2 Å². The van der Waals surface area contributed by atoms with Crippen LogP contribution in [0.15, 0.2) is 36.5 Å². The van der Waals surface area contributed by atoms with Crippen LogP contribution in [0.1, 0.15) is 36.0 Å². The van der Waals surface area contributed by atoms with E-state index in [-0.39, 0.29) is 11.4 Å². The smallest absolute Gasteiger partial charge is 0.252 e. The normalized spacial score (nSPS) is 17.2. The van der Waals surface area contributed by atoms with Gasteiger partial charge >= 0.3 is 0 Å². The molecule has 20 heavy (non-hydrogen) atoms. The van der Waals surface area contributed by atoms with Crippen molar-refractivity contribution in [2.75, 3.05) is 5.33 Å². The molecule has 1 aliphatic rings. The van der Waals surface area contributed by atoms with E-state index < -0.39 is 0 Å². The van der Waals surface area contributed by atoms with E-state index in [4.69, 9.17) is 0 Å². The topological polar surface area (TPSA) is 42.0 Å². The van der Waals surface area contributed by atoms with E-state index in [1.54, 1.807) is 6.20 Å². The molecule has 0 spiro atoms. The van der Waals surface area contributed by atoms with Crippen LogP contribution in [0.5, 0.6) is 0 Å². The fourth-order valence-corrected chi connectivity index (χ4v) is 3.65. The van der Waals surface area contributed by atoms with E-state index in [9.17, 15) is 4.79 Å². The summed E-state index contributed by atoms with van der Waals surface area (Å²) in [4.78, 5) is 16.9. The van der Waals surface area contributed by atoms with Crippen LogP contribution in [-0.4, -0.2) is 21.8 Å². The lowest BCUT2D eigenvalue weighted by Gasteiger charge is -2.28. The van der Waals surface area contributed by atoms with Crippen LogP contribution in [0.3, 0.4) is 0 Å². The van der Waals surface area contributed by atoms with Crippen LogP contribution in [0.4, 0.5) is 0 Å². The van der Waals surface area contributed by atoms with Gasteiger partial charge in [-0.1, -0.05) is 40.9 Å². The molecule has 1 aromatic carbocycles. The molecule has 0 saturated heterocycles. The van der Waals surface area contributed by atoms with E-state index in [0.717, 1.165) is 29.1 Å². The maximum Gasteiger partial charge on any atom is 0.252 e. The second-order valence-corrected chi connectivity index (χ2v) is 6.01. The summed E-state index contributed by atoms with van der Waals surface area (Å²) in [6, 6.07) is 9.51. The van der Waals surface area contributed by atoms with Crippen molar-refractivity contribution in [1.29, 1.82) is 0 Å². The first-order valence-electron chi connectivity index (χ1n) is 6.96. The maximum absolute atomic E-state index is 12.6. The van der Waals surface area contributed by atoms with Crippen molar-refractivity contribution in [3.63, 3.8) is 0 Å². The quantitative estimate of drug-likeness (QED) is 0.871. The molecule has 104 valence electrons. The number of amides is 1. The Kier molecular flexibility index (Phi) is 3.74. The standard InChI is InChI=1S/C16H17BrN2O/c17-11-16(8-1-2-9-16)19-15(20)13-5-3-7-14-12(13)6-4-10-18-14/h3-7,10H,1-2,8-9,11H2,(H,19,20). The average Bonchev–Trinajstić information content (AvgIpc) is 2.95. The van der Waals surface area contributed by atoms with Gasteiger partial charge in [-0.2, -0.15) is 0 Å². The number of halogens is 1. The molecule has 1 aliphatic carbocycles. The summed E-state index contributed by atoms with van der Waals surface area (Å²) in [6.07, 6.45) is 6.22. The van der Waals surface area contributed by atoms with Gasteiger partial charge in [0.05, 0.1) is 11.1 Å². The second-order valence-electron chi connectivity index (χ2n) is 5.45. The van der Waals surface area contributed by atoms with Gasteiger partial charge in [-0.15, -0.1) is 0 Å². The monoisotopic (exact) mass is 332 g/mol. The lowest BCUT2D eigenvalue weighted by Crippen LogP contribution is -2.47. The van der Waals surface area contributed by atoms with Crippen LogP contribution in [0.25, 0.3) is 10.9 Å². The first-order chi connectivity index (χ1) is 9.74. The Morgan fingerprint density at radius 1 is 1.25 bits per heavy atom. The molecule has 1 saturated carbocycles. The second kappa shape index (κ2) is 5.52. The highest BCUT2D eigenvalue weighted by Gasteiger charge is 2.34. The lowest BCUT2D eigenvalue weighted by atomic mass is 9.99. The molecule has 0 atom stereocenters. The number of carbonyl (C=O) groups excluding carboxylic acids is 1. The van der Waals surface area contributed by atoms with Gasteiger partial charge in [0.25, 0.3) is 5.91 Å². The lowest BCUT2D eigenvalue weighted by molar-refractivity contribution is 0.0912. The molecule has 0 bridgehead atoms. The molecule has 3 nitrogen and oxygen atoms in total. The molecule has 1 amide bonds. The van der Waals surface area contributed by atoms with E-state index in [1.165, 1.54) is 12.8 Å². The minimum absolute atomic E-state index is 0.00458. The van der Waals surface area contributed by atoms with E-state index in [0.29, 0.717) is 5.56 Å². The zero-order valence-electron chi connectivity index (χ0n) is 11.2. The summed E-state index contributed by atoms with van der Waals surface area (Å²) in [6.45, 7) is 0. The fourth-order valence-electron chi connectivity index (χ4n) is 2.95. The molecule has 3 rings (SSSR count). The van der Waals surface area contributed by atoms with Gasteiger partial charge in [-0.05, 0) is 31.0 Å². The van der Waals surface area contributed by atoms with E-state index >= 15 is 0 Å². The minimum atomic E-state index is -0.0819. The molecule has 0 aliphatic heterocycles. The molecular weight excluding hydrogens is 316 g/mol. The van der Waals surface area contributed by atoms with Gasteiger partial charge in [-0.25, -0.2) is 0 Å². The SMILES string of the molecule is O=C(NC1(CBr)CCCC1)c1cccc2ncccc12. The number of aromatic nitrogens is 1. The Hall–Kier alpha value is -1.42. The van der Waals surface area contributed by atoms with Crippen LogP contribution >= 0.6 is 15.9 Å². The third kappa shape index (κ3) is 2.44. The van der Waals surface area contributed by atoms with Crippen molar-refractivity contribution < 1.29 is 4.79 Å². The Labute approximate surface area is 126 Å². The van der Waals surface area contributed by atoms with Crippen LogP contribution in [-0.2, 0) is 0 Å². The Balaban J connectivity index is 1.93. The predicted molar refractivity (Wildman–Crippen MR) is 84.2 cm³/mol. The molecule has 4 heteroatoms. The Morgan fingerprint density at radius 3 is 2.80 bits per heavy atom. The van der Waals surface area contributed by atoms with Crippen molar-refractivity contribution in [3.8, 4) is 0 Å². The van der Waals surface area contributed by atoms with Crippen LogP contribution in [0, 0.1) is 0 Å². The van der Waals surface area contributed by atoms with Crippen molar-refractivity contribution in [2.24, 2.45) is 0 Å².